The van der Waals surface area contributed by atoms with Crippen LogP contribution in [0.1, 0.15) is 19.8 Å². The van der Waals surface area contributed by atoms with Gasteiger partial charge in [0.05, 0.1) is 16.5 Å². The molecule has 1 aliphatic heterocycles. The van der Waals surface area contributed by atoms with Crippen LogP contribution in [0.5, 0.6) is 0 Å². The second kappa shape index (κ2) is 7.59. The SMILES string of the molecule is CCN(CCC(=O)Nc1ccc(F)c(Cl)c1)C1CCS(=O)(=O)C1. The summed E-state index contributed by atoms with van der Waals surface area (Å²) in [4.78, 5) is 14.0. The summed E-state index contributed by atoms with van der Waals surface area (Å²) in [6.45, 7) is 3.12. The van der Waals surface area contributed by atoms with Gasteiger partial charge in [-0.1, -0.05) is 18.5 Å². The number of anilines is 1. The molecule has 23 heavy (non-hydrogen) atoms. The average Bonchev–Trinajstić information content (AvgIpc) is 2.84. The number of carbonyl (C=O) groups is 1. The Kier molecular flexibility index (Phi) is 6.00. The van der Waals surface area contributed by atoms with Gasteiger partial charge in [0.25, 0.3) is 0 Å². The van der Waals surface area contributed by atoms with Gasteiger partial charge in [-0.15, -0.1) is 0 Å². The third kappa shape index (κ3) is 5.16. The zero-order valence-corrected chi connectivity index (χ0v) is 14.5. The van der Waals surface area contributed by atoms with Gasteiger partial charge in [0.15, 0.2) is 9.84 Å². The fourth-order valence-electron chi connectivity index (χ4n) is 2.70. The Hall–Kier alpha value is -1.18. The molecule has 0 radical (unpaired) electrons. The van der Waals surface area contributed by atoms with Crippen molar-refractivity contribution in [2.75, 3.05) is 29.9 Å². The Bertz CT molecular complexity index is 681. The van der Waals surface area contributed by atoms with Gasteiger partial charge in [-0.05, 0) is 31.2 Å². The van der Waals surface area contributed by atoms with Gasteiger partial charge in [-0.3, -0.25) is 9.69 Å². The van der Waals surface area contributed by atoms with Crippen LogP contribution >= 0.6 is 11.6 Å². The molecule has 0 aromatic heterocycles. The molecule has 1 saturated heterocycles. The highest BCUT2D eigenvalue weighted by Crippen LogP contribution is 2.20. The minimum absolute atomic E-state index is 0.0157. The molecule has 1 aliphatic rings. The van der Waals surface area contributed by atoms with Crippen molar-refractivity contribution in [2.24, 2.45) is 0 Å². The van der Waals surface area contributed by atoms with E-state index in [0.717, 1.165) is 0 Å². The van der Waals surface area contributed by atoms with E-state index in [2.05, 4.69) is 5.32 Å². The number of amides is 1. The third-order valence-electron chi connectivity index (χ3n) is 3.96. The van der Waals surface area contributed by atoms with Crippen molar-refractivity contribution in [3.05, 3.63) is 29.0 Å². The molecule has 8 heteroatoms. The molecule has 0 saturated carbocycles. The highest BCUT2D eigenvalue weighted by molar-refractivity contribution is 7.91. The van der Waals surface area contributed by atoms with Crippen LogP contribution in [0, 0.1) is 5.82 Å². The van der Waals surface area contributed by atoms with Gasteiger partial charge in [-0.2, -0.15) is 0 Å². The van der Waals surface area contributed by atoms with Gasteiger partial charge in [0, 0.05) is 24.7 Å². The first-order valence-electron chi connectivity index (χ1n) is 7.50. The molecule has 1 amide bonds. The molecule has 1 aromatic rings. The number of nitrogens with one attached hydrogen (secondary N) is 1. The molecule has 1 unspecified atom stereocenters. The van der Waals surface area contributed by atoms with E-state index >= 15 is 0 Å². The first kappa shape index (κ1) is 18.2. The number of halogens is 2. The first-order valence-corrected chi connectivity index (χ1v) is 9.70. The van der Waals surface area contributed by atoms with Crippen LogP contribution in [0.25, 0.3) is 0 Å². The Morgan fingerprint density at radius 1 is 1.48 bits per heavy atom. The number of hydrogen-bond donors (Lipinski definition) is 1. The molecule has 1 atom stereocenters. The minimum atomic E-state index is -2.94. The van der Waals surface area contributed by atoms with Crippen LogP contribution in [0.4, 0.5) is 10.1 Å². The number of benzene rings is 1. The second-order valence-electron chi connectivity index (χ2n) is 5.61. The molecule has 2 rings (SSSR count). The lowest BCUT2D eigenvalue weighted by molar-refractivity contribution is -0.116. The van der Waals surface area contributed by atoms with Crippen molar-refractivity contribution in [3.8, 4) is 0 Å². The van der Waals surface area contributed by atoms with Crippen LogP contribution in [-0.4, -0.2) is 49.9 Å². The summed E-state index contributed by atoms with van der Waals surface area (Å²) in [7, 11) is -2.94. The van der Waals surface area contributed by atoms with E-state index in [9.17, 15) is 17.6 Å². The fraction of sp³-hybridized carbons (Fsp3) is 0.533. The summed E-state index contributed by atoms with van der Waals surface area (Å²) in [5, 5.41) is 2.61. The highest BCUT2D eigenvalue weighted by atomic mass is 35.5. The summed E-state index contributed by atoms with van der Waals surface area (Å²) in [5.41, 5.74) is 0.438. The highest BCUT2D eigenvalue weighted by Gasteiger charge is 2.31. The zero-order chi connectivity index (χ0) is 17.0. The Morgan fingerprint density at radius 2 is 2.22 bits per heavy atom. The van der Waals surface area contributed by atoms with Gasteiger partial charge in [0.2, 0.25) is 5.91 Å². The summed E-state index contributed by atoms with van der Waals surface area (Å²) < 4.78 is 36.2. The normalized spacial score (nSPS) is 19.9. The molecule has 1 N–H and O–H groups in total. The largest absolute Gasteiger partial charge is 0.326 e. The van der Waals surface area contributed by atoms with Gasteiger partial charge >= 0.3 is 0 Å². The standard InChI is InChI=1S/C15H20ClFN2O3S/c1-2-19(12-6-8-23(21,22)10-12)7-5-15(20)18-11-3-4-14(17)13(16)9-11/h3-4,9,12H,2,5-8,10H2,1H3,(H,18,20). The maximum absolute atomic E-state index is 13.1. The maximum Gasteiger partial charge on any atom is 0.225 e. The molecular formula is C15H20ClFN2O3S. The van der Waals surface area contributed by atoms with Crippen LogP contribution in [0.2, 0.25) is 5.02 Å². The van der Waals surface area contributed by atoms with Crippen molar-refractivity contribution in [2.45, 2.75) is 25.8 Å². The zero-order valence-electron chi connectivity index (χ0n) is 12.9. The first-order chi connectivity index (χ1) is 10.8. The molecule has 5 nitrogen and oxygen atoms in total. The predicted octanol–water partition coefficient (Wildman–Crippen LogP) is 2.32. The Labute approximate surface area is 140 Å². The lowest BCUT2D eigenvalue weighted by atomic mass is 10.2. The number of hydrogen-bond acceptors (Lipinski definition) is 4. The van der Waals surface area contributed by atoms with Crippen LogP contribution < -0.4 is 5.32 Å². The molecule has 0 bridgehead atoms. The predicted molar refractivity (Wildman–Crippen MR) is 89.0 cm³/mol. The lowest BCUT2D eigenvalue weighted by Crippen LogP contribution is -2.38. The molecule has 128 valence electrons. The monoisotopic (exact) mass is 362 g/mol. The van der Waals surface area contributed by atoms with E-state index in [1.54, 1.807) is 0 Å². The van der Waals surface area contributed by atoms with E-state index in [0.29, 0.717) is 25.2 Å². The molecule has 1 fully saturated rings. The molecular weight excluding hydrogens is 343 g/mol. The topological polar surface area (TPSA) is 66.5 Å². The van der Waals surface area contributed by atoms with Crippen molar-refractivity contribution in [3.63, 3.8) is 0 Å². The van der Waals surface area contributed by atoms with Crippen LogP contribution in [-0.2, 0) is 14.6 Å². The minimum Gasteiger partial charge on any atom is -0.326 e. The Balaban J connectivity index is 1.86. The average molecular weight is 363 g/mol. The molecule has 1 heterocycles. The van der Waals surface area contributed by atoms with Crippen molar-refractivity contribution in [1.29, 1.82) is 0 Å². The van der Waals surface area contributed by atoms with E-state index in [-0.39, 0.29) is 34.9 Å². The fourth-order valence-corrected chi connectivity index (χ4v) is 4.65. The third-order valence-corrected chi connectivity index (χ3v) is 6.00. The van der Waals surface area contributed by atoms with Gasteiger partial charge < -0.3 is 5.32 Å². The summed E-state index contributed by atoms with van der Waals surface area (Å²) >= 11 is 5.67. The summed E-state index contributed by atoms with van der Waals surface area (Å²) in [6.07, 6.45) is 0.852. The van der Waals surface area contributed by atoms with Crippen molar-refractivity contribution < 1.29 is 17.6 Å². The second-order valence-corrected chi connectivity index (χ2v) is 8.25. The van der Waals surface area contributed by atoms with E-state index in [4.69, 9.17) is 11.6 Å². The Morgan fingerprint density at radius 3 is 2.78 bits per heavy atom. The number of nitrogens with zero attached hydrogens (tertiary/aromatic N) is 1. The van der Waals surface area contributed by atoms with Crippen LogP contribution in [0.3, 0.4) is 0 Å². The number of sulfone groups is 1. The molecule has 0 aliphatic carbocycles. The number of rotatable bonds is 6. The van der Waals surface area contributed by atoms with Crippen molar-refractivity contribution in [1.82, 2.24) is 4.90 Å². The quantitative estimate of drug-likeness (QED) is 0.843. The van der Waals surface area contributed by atoms with E-state index < -0.39 is 15.7 Å². The molecule has 0 spiro atoms. The van der Waals surface area contributed by atoms with Crippen molar-refractivity contribution >= 4 is 33.0 Å². The lowest BCUT2D eigenvalue weighted by Gasteiger charge is -2.26. The number of carbonyl (C=O) groups excluding carboxylic acids is 1. The smallest absolute Gasteiger partial charge is 0.225 e. The molecule has 1 aromatic carbocycles. The van der Waals surface area contributed by atoms with Gasteiger partial charge in [0.1, 0.15) is 5.82 Å². The maximum atomic E-state index is 13.1. The van der Waals surface area contributed by atoms with E-state index in [1.807, 2.05) is 11.8 Å². The summed E-state index contributed by atoms with van der Waals surface area (Å²) in [5.74, 6) is -0.374. The summed E-state index contributed by atoms with van der Waals surface area (Å²) in [6, 6.07) is 3.98. The van der Waals surface area contributed by atoms with Gasteiger partial charge in [-0.25, -0.2) is 12.8 Å². The van der Waals surface area contributed by atoms with E-state index in [1.165, 1.54) is 18.2 Å². The van der Waals surface area contributed by atoms with Crippen LogP contribution in [0.15, 0.2) is 18.2 Å².